The Hall–Kier alpha value is -1.11. The Morgan fingerprint density at radius 3 is 2.95 bits per heavy atom. The van der Waals surface area contributed by atoms with Gasteiger partial charge in [-0.15, -0.1) is 12.4 Å². The Balaban J connectivity index is 0.00000180. The molecule has 0 saturated carbocycles. The number of fused-ring (bicyclic) bond motifs is 1. The molecule has 7 heteroatoms. The van der Waals surface area contributed by atoms with Gasteiger partial charge in [0.25, 0.3) is 5.91 Å². The van der Waals surface area contributed by atoms with E-state index in [9.17, 15) is 4.79 Å². The number of nitrogens with zero attached hydrogens (tertiary/aromatic N) is 1. The van der Waals surface area contributed by atoms with Gasteiger partial charge in [0.05, 0.1) is 5.52 Å². The quantitative estimate of drug-likeness (QED) is 0.793. The standard InChI is InChI=1S/C12H15BrN4O.ClH/c1-7(14-2)6-15-12(18)11-9-5-8(13)3-4-10(9)16-17-11;/h3-5,7,14H,6H2,1-2H3,(H,15,18)(H,16,17);1H. The average Bonchev–Trinajstić information content (AvgIpc) is 2.78. The largest absolute Gasteiger partial charge is 0.349 e. The van der Waals surface area contributed by atoms with Crippen molar-refractivity contribution < 1.29 is 4.79 Å². The molecule has 0 aliphatic heterocycles. The molecular formula is C12H16BrClN4O. The van der Waals surface area contributed by atoms with Crippen molar-refractivity contribution in [1.29, 1.82) is 0 Å². The zero-order valence-corrected chi connectivity index (χ0v) is 13.1. The lowest BCUT2D eigenvalue weighted by atomic mass is 10.2. The molecule has 0 aliphatic carbocycles. The van der Waals surface area contributed by atoms with Crippen LogP contribution in [-0.2, 0) is 0 Å². The number of amides is 1. The Morgan fingerprint density at radius 2 is 2.26 bits per heavy atom. The van der Waals surface area contributed by atoms with Crippen LogP contribution in [0.2, 0.25) is 0 Å². The van der Waals surface area contributed by atoms with Gasteiger partial charge >= 0.3 is 0 Å². The summed E-state index contributed by atoms with van der Waals surface area (Å²) in [6, 6.07) is 5.91. The number of aromatic nitrogens is 2. The van der Waals surface area contributed by atoms with E-state index < -0.39 is 0 Å². The first-order chi connectivity index (χ1) is 8.61. The van der Waals surface area contributed by atoms with Crippen molar-refractivity contribution in [2.75, 3.05) is 13.6 Å². The van der Waals surface area contributed by atoms with Crippen molar-refractivity contribution in [1.82, 2.24) is 20.8 Å². The summed E-state index contributed by atoms with van der Waals surface area (Å²) in [7, 11) is 1.86. The molecule has 19 heavy (non-hydrogen) atoms. The van der Waals surface area contributed by atoms with Crippen LogP contribution in [0.4, 0.5) is 0 Å². The number of benzene rings is 1. The van der Waals surface area contributed by atoms with Gasteiger partial charge in [-0.05, 0) is 32.2 Å². The highest BCUT2D eigenvalue weighted by atomic mass is 79.9. The SMILES string of the molecule is CNC(C)CNC(=O)c1n[nH]c2ccc(Br)cc12.Cl. The van der Waals surface area contributed by atoms with Gasteiger partial charge in [-0.25, -0.2) is 0 Å². The van der Waals surface area contributed by atoms with E-state index >= 15 is 0 Å². The van der Waals surface area contributed by atoms with Gasteiger partial charge in [0.1, 0.15) is 0 Å². The maximum Gasteiger partial charge on any atom is 0.272 e. The van der Waals surface area contributed by atoms with E-state index in [-0.39, 0.29) is 24.4 Å². The van der Waals surface area contributed by atoms with Crippen LogP contribution in [0.25, 0.3) is 10.9 Å². The van der Waals surface area contributed by atoms with Crippen molar-refractivity contribution in [2.24, 2.45) is 0 Å². The third kappa shape index (κ3) is 3.68. The molecule has 1 aromatic heterocycles. The number of halogens is 2. The first kappa shape index (κ1) is 15.9. The predicted molar refractivity (Wildman–Crippen MR) is 81.9 cm³/mol. The molecule has 1 atom stereocenters. The van der Waals surface area contributed by atoms with Gasteiger partial charge < -0.3 is 10.6 Å². The number of hydrogen-bond acceptors (Lipinski definition) is 3. The zero-order chi connectivity index (χ0) is 13.1. The van der Waals surface area contributed by atoms with E-state index in [4.69, 9.17) is 0 Å². The molecule has 0 bridgehead atoms. The Bertz CT molecular complexity index is 572. The molecule has 2 rings (SSSR count). The molecule has 5 nitrogen and oxygen atoms in total. The van der Waals surface area contributed by atoms with Gasteiger partial charge in [-0.2, -0.15) is 5.10 Å². The molecule has 1 heterocycles. The average molecular weight is 348 g/mol. The van der Waals surface area contributed by atoms with Crippen molar-refractivity contribution >= 4 is 45.1 Å². The predicted octanol–water partition coefficient (Wildman–Crippen LogP) is 2.08. The highest BCUT2D eigenvalue weighted by Crippen LogP contribution is 2.20. The number of aromatic amines is 1. The number of rotatable bonds is 4. The van der Waals surface area contributed by atoms with Crippen molar-refractivity contribution in [3.8, 4) is 0 Å². The van der Waals surface area contributed by atoms with Crippen LogP contribution in [0.3, 0.4) is 0 Å². The van der Waals surface area contributed by atoms with Gasteiger partial charge in [-0.1, -0.05) is 15.9 Å². The molecular weight excluding hydrogens is 332 g/mol. The lowest BCUT2D eigenvalue weighted by molar-refractivity contribution is 0.0947. The molecule has 0 radical (unpaired) electrons. The van der Waals surface area contributed by atoms with E-state index in [0.717, 1.165) is 15.4 Å². The number of nitrogens with one attached hydrogen (secondary N) is 3. The molecule has 2 aromatic rings. The summed E-state index contributed by atoms with van der Waals surface area (Å²) in [6.07, 6.45) is 0. The summed E-state index contributed by atoms with van der Waals surface area (Å²) >= 11 is 3.39. The van der Waals surface area contributed by atoms with Gasteiger partial charge in [0.15, 0.2) is 5.69 Å². The lowest BCUT2D eigenvalue weighted by Crippen LogP contribution is -2.37. The molecule has 0 spiro atoms. The topological polar surface area (TPSA) is 69.8 Å². The second-order valence-corrected chi connectivity index (χ2v) is 5.08. The van der Waals surface area contributed by atoms with Crippen LogP contribution >= 0.6 is 28.3 Å². The highest BCUT2D eigenvalue weighted by molar-refractivity contribution is 9.10. The van der Waals surface area contributed by atoms with Gasteiger partial charge in [0, 0.05) is 22.4 Å². The normalized spacial score (nSPS) is 11.9. The molecule has 3 N–H and O–H groups in total. The summed E-state index contributed by atoms with van der Waals surface area (Å²) in [5, 5.41) is 13.6. The van der Waals surface area contributed by atoms with E-state index in [1.165, 1.54) is 0 Å². The molecule has 1 amide bonds. The molecule has 1 aromatic carbocycles. The number of likely N-dealkylation sites (N-methyl/N-ethyl adjacent to an activating group) is 1. The third-order valence-electron chi connectivity index (χ3n) is 2.80. The smallest absolute Gasteiger partial charge is 0.272 e. The van der Waals surface area contributed by atoms with Crippen molar-refractivity contribution in [3.05, 3.63) is 28.4 Å². The van der Waals surface area contributed by atoms with E-state index in [0.29, 0.717) is 12.2 Å². The third-order valence-corrected chi connectivity index (χ3v) is 3.29. The second kappa shape index (κ2) is 6.88. The minimum absolute atomic E-state index is 0. The second-order valence-electron chi connectivity index (χ2n) is 4.16. The number of carbonyl (C=O) groups is 1. The fourth-order valence-corrected chi connectivity index (χ4v) is 1.95. The monoisotopic (exact) mass is 346 g/mol. The van der Waals surface area contributed by atoms with E-state index in [2.05, 4.69) is 36.8 Å². The summed E-state index contributed by atoms with van der Waals surface area (Å²) < 4.78 is 0.925. The Labute approximate surface area is 126 Å². The van der Waals surface area contributed by atoms with Crippen molar-refractivity contribution in [3.63, 3.8) is 0 Å². The first-order valence-corrected chi connectivity index (χ1v) is 6.50. The number of carbonyl (C=O) groups excluding carboxylic acids is 1. The van der Waals surface area contributed by atoms with E-state index in [1.54, 1.807) is 0 Å². The van der Waals surface area contributed by atoms with Gasteiger partial charge in [0.2, 0.25) is 0 Å². The van der Waals surface area contributed by atoms with Crippen LogP contribution in [0.5, 0.6) is 0 Å². The lowest BCUT2D eigenvalue weighted by Gasteiger charge is -2.10. The maximum absolute atomic E-state index is 12.0. The number of hydrogen-bond donors (Lipinski definition) is 3. The van der Waals surface area contributed by atoms with E-state index in [1.807, 2.05) is 32.2 Å². The van der Waals surface area contributed by atoms with Crippen LogP contribution in [0, 0.1) is 0 Å². The summed E-state index contributed by atoms with van der Waals surface area (Å²) in [4.78, 5) is 12.0. The van der Waals surface area contributed by atoms with Crippen LogP contribution < -0.4 is 10.6 Å². The summed E-state index contributed by atoms with van der Waals surface area (Å²) in [6.45, 7) is 2.57. The fraction of sp³-hybridized carbons (Fsp3) is 0.333. The molecule has 1 unspecified atom stereocenters. The van der Waals surface area contributed by atoms with Crippen LogP contribution in [0.15, 0.2) is 22.7 Å². The maximum atomic E-state index is 12.0. The first-order valence-electron chi connectivity index (χ1n) is 5.71. The Morgan fingerprint density at radius 1 is 1.53 bits per heavy atom. The van der Waals surface area contributed by atoms with Crippen LogP contribution in [-0.4, -0.2) is 35.7 Å². The van der Waals surface area contributed by atoms with Crippen LogP contribution in [0.1, 0.15) is 17.4 Å². The highest BCUT2D eigenvalue weighted by Gasteiger charge is 2.14. The molecule has 0 fully saturated rings. The minimum atomic E-state index is -0.165. The zero-order valence-electron chi connectivity index (χ0n) is 10.7. The number of H-pyrrole nitrogens is 1. The molecule has 0 saturated heterocycles. The molecule has 104 valence electrons. The molecule has 0 aliphatic rings. The Kier molecular flexibility index (Phi) is 5.78. The fourth-order valence-electron chi connectivity index (χ4n) is 1.59. The minimum Gasteiger partial charge on any atom is -0.349 e. The van der Waals surface area contributed by atoms with Crippen molar-refractivity contribution in [2.45, 2.75) is 13.0 Å². The van der Waals surface area contributed by atoms with Gasteiger partial charge in [-0.3, -0.25) is 9.89 Å². The summed E-state index contributed by atoms with van der Waals surface area (Å²) in [5.41, 5.74) is 1.28. The summed E-state index contributed by atoms with van der Waals surface area (Å²) in [5.74, 6) is -0.165.